The van der Waals surface area contributed by atoms with E-state index in [1.165, 1.54) is 19.3 Å². The third-order valence-corrected chi connectivity index (χ3v) is 11.0. The maximum absolute atomic E-state index is 11.8. The Morgan fingerprint density at radius 1 is 0.657 bits per heavy atom. The quantitative estimate of drug-likeness (QED) is 0.255. The van der Waals surface area contributed by atoms with Crippen molar-refractivity contribution in [3.8, 4) is 5.69 Å². The summed E-state index contributed by atoms with van der Waals surface area (Å²) in [5.74, 6) is 0. The van der Waals surface area contributed by atoms with Crippen molar-refractivity contribution in [2.24, 2.45) is 0 Å². The van der Waals surface area contributed by atoms with E-state index >= 15 is 0 Å². The van der Waals surface area contributed by atoms with Crippen molar-refractivity contribution in [2.45, 2.75) is 6.54 Å². The van der Waals surface area contributed by atoms with E-state index in [9.17, 15) is 9.59 Å². The molecule has 0 N–H and O–H groups in total. The molecule has 1 aromatic heterocycles. The molecular weight excluding hydrogens is 495 g/mol. The van der Waals surface area contributed by atoms with Crippen molar-refractivity contribution < 1.29 is 0 Å². The number of benzene rings is 4. The summed E-state index contributed by atoms with van der Waals surface area (Å²) < 4.78 is 6.62. The van der Waals surface area contributed by atoms with Crippen molar-refractivity contribution in [2.75, 3.05) is 0 Å². The number of rotatable bonds is 6. The molecule has 1 heterocycles. The Labute approximate surface area is 208 Å². The van der Waals surface area contributed by atoms with Crippen LogP contribution in [0, 0.1) is 0 Å². The van der Waals surface area contributed by atoms with E-state index in [-0.39, 0.29) is 6.54 Å². The second-order valence-corrected chi connectivity index (χ2v) is 12.9. The van der Waals surface area contributed by atoms with Gasteiger partial charge in [0.05, 0.1) is 0 Å². The summed E-state index contributed by atoms with van der Waals surface area (Å²) in [6.07, 6.45) is 1.52. The predicted molar refractivity (Wildman–Crippen MR) is 144 cm³/mol. The first-order chi connectivity index (χ1) is 17.2. The first-order valence-corrected chi connectivity index (χ1v) is 14.4. The first-order valence-electron chi connectivity index (χ1n) is 11.3. The van der Waals surface area contributed by atoms with Crippen LogP contribution in [0.4, 0.5) is 0 Å². The van der Waals surface area contributed by atoms with Crippen molar-refractivity contribution >= 4 is 27.5 Å². The Morgan fingerprint density at radius 3 is 1.46 bits per heavy atom. The van der Waals surface area contributed by atoms with Crippen LogP contribution in [0.1, 0.15) is 0 Å². The number of aromatic nitrogens is 3. The first kappa shape index (κ1) is 24.0. The monoisotopic (exact) mass is 521 g/mol. The van der Waals surface area contributed by atoms with Crippen molar-refractivity contribution in [1.29, 1.82) is 0 Å². The molecule has 5 nitrogen and oxygen atoms in total. The number of nitrogens with zero attached hydrogens (tertiary/aromatic N) is 3. The molecule has 0 aliphatic heterocycles. The molecule has 1 radical (unpaired) electrons. The van der Waals surface area contributed by atoms with E-state index < -0.39 is 25.7 Å². The van der Waals surface area contributed by atoms with E-state index in [0.29, 0.717) is 5.69 Å². The third-order valence-electron chi connectivity index (χ3n) is 5.31. The van der Waals surface area contributed by atoms with Crippen molar-refractivity contribution in [1.82, 2.24) is 14.3 Å². The minimum atomic E-state index is -1.63. The molecule has 35 heavy (non-hydrogen) atoms. The van der Waals surface area contributed by atoms with Crippen LogP contribution in [0.3, 0.4) is 0 Å². The van der Waals surface area contributed by atoms with Gasteiger partial charge in [-0.3, -0.25) is 9.59 Å². The van der Waals surface area contributed by atoms with Crippen molar-refractivity contribution in [3.05, 3.63) is 155 Å². The zero-order valence-electron chi connectivity index (χ0n) is 19.2. The summed E-state index contributed by atoms with van der Waals surface area (Å²) in [5.41, 5.74) is -0.498. The summed E-state index contributed by atoms with van der Waals surface area (Å²) in [6, 6.07) is 41.5. The SMILES string of the molecule is C=CCn1[n-]c(=O)n(-c2ccccc2)c1=O.c1cc[c]([Ge]([c]2ccccc2)[c]2ccccc2)cc1. The van der Waals surface area contributed by atoms with Gasteiger partial charge in [-0.25, -0.2) is 0 Å². The van der Waals surface area contributed by atoms with Crippen LogP contribution in [0.15, 0.2) is 144 Å². The molecule has 5 aromatic rings. The summed E-state index contributed by atoms with van der Waals surface area (Å²) in [4.78, 5) is 23.3. The van der Waals surface area contributed by atoms with Gasteiger partial charge in [0.25, 0.3) is 5.69 Å². The number of para-hydroxylation sites is 1. The topological polar surface area (TPSA) is 58.1 Å². The third kappa shape index (κ3) is 5.88. The summed E-state index contributed by atoms with van der Waals surface area (Å²) in [6.45, 7) is 3.73. The second kappa shape index (κ2) is 11.9. The second-order valence-electron chi connectivity index (χ2n) is 7.68. The average molecular weight is 520 g/mol. The van der Waals surface area contributed by atoms with Crippen LogP contribution in [-0.4, -0.2) is 23.6 Å². The van der Waals surface area contributed by atoms with Crippen LogP contribution in [0.25, 0.3) is 5.69 Å². The zero-order valence-corrected chi connectivity index (χ0v) is 21.3. The van der Waals surface area contributed by atoms with Crippen LogP contribution in [-0.2, 0) is 6.54 Å². The van der Waals surface area contributed by atoms with E-state index in [1.54, 1.807) is 24.3 Å². The Bertz CT molecular complexity index is 1370. The van der Waals surface area contributed by atoms with Crippen molar-refractivity contribution in [3.63, 3.8) is 0 Å². The molecule has 0 amide bonds. The van der Waals surface area contributed by atoms with Gasteiger partial charge in [-0.05, 0) is 5.69 Å². The molecule has 0 aliphatic carbocycles. The van der Waals surface area contributed by atoms with E-state index in [2.05, 4.69) is 103 Å². The Balaban J connectivity index is 0.000000168. The molecule has 0 spiro atoms. The standard InChI is InChI=1S/C18H15Ge.C11H11N3O2/c1-4-10-16(11-5-1)19(17-12-6-2-7-13-17)18-14-8-3-9-15-18;1-2-8-13-11(16)14(10(15)12-13)9-6-4-3-5-7-9/h1-15H;2-7H,1,8H2,(H,12,15)/p-1. The van der Waals surface area contributed by atoms with E-state index in [4.69, 9.17) is 0 Å². The fraction of sp³-hybridized carbons (Fsp3) is 0.0345. The fourth-order valence-corrected chi connectivity index (χ4v) is 9.15. The number of hydrogen-bond donors (Lipinski definition) is 0. The molecule has 0 saturated carbocycles. The molecule has 0 saturated heterocycles. The fourth-order valence-electron chi connectivity index (χ4n) is 3.74. The van der Waals surface area contributed by atoms with Gasteiger partial charge in [0, 0.05) is 6.54 Å². The zero-order chi connectivity index (χ0) is 24.5. The minimum absolute atomic E-state index is 0.230. The summed E-state index contributed by atoms with van der Waals surface area (Å²) in [5, 5.41) is 3.62. The Morgan fingerprint density at radius 2 is 1.06 bits per heavy atom. The van der Waals surface area contributed by atoms with Gasteiger partial charge in [0.15, 0.2) is 5.69 Å². The molecule has 4 aromatic carbocycles. The molecule has 0 bridgehead atoms. The van der Waals surface area contributed by atoms with Gasteiger partial charge in [0.2, 0.25) is 0 Å². The summed E-state index contributed by atoms with van der Waals surface area (Å²) in [7, 11) is 0. The van der Waals surface area contributed by atoms with Gasteiger partial charge >= 0.3 is 119 Å². The molecule has 5 rings (SSSR count). The van der Waals surface area contributed by atoms with Crippen LogP contribution in [0.2, 0.25) is 0 Å². The van der Waals surface area contributed by atoms with Gasteiger partial charge in [-0.1, -0.05) is 36.4 Å². The van der Waals surface area contributed by atoms with E-state index in [0.717, 1.165) is 9.25 Å². The normalized spacial score (nSPS) is 10.4. The predicted octanol–water partition coefficient (Wildman–Crippen LogP) is 2.35. The number of hydrogen-bond acceptors (Lipinski definition) is 2. The van der Waals surface area contributed by atoms with Gasteiger partial charge < -0.3 is 14.3 Å². The maximum atomic E-state index is 11.8. The van der Waals surface area contributed by atoms with Gasteiger partial charge in [-0.2, -0.15) is 0 Å². The van der Waals surface area contributed by atoms with E-state index in [1.807, 2.05) is 6.07 Å². The van der Waals surface area contributed by atoms with Gasteiger partial charge in [-0.15, -0.1) is 6.58 Å². The van der Waals surface area contributed by atoms with Gasteiger partial charge in [0.1, 0.15) is 0 Å². The average Bonchev–Trinajstić information content (AvgIpc) is 3.20. The Hall–Kier alpha value is -4.10. The van der Waals surface area contributed by atoms with Crippen LogP contribution >= 0.6 is 0 Å². The molecule has 0 atom stereocenters. The Kier molecular flexibility index (Phi) is 8.14. The molecule has 6 heteroatoms. The molecule has 0 aliphatic rings. The molecular formula is C29H25GeN3O2-. The van der Waals surface area contributed by atoms with Crippen LogP contribution < -0.4 is 29.7 Å². The molecule has 0 unspecified atom stereocenters. The van der Waals surface area contributed by atoms with Crippen LogP contribution in [0.5, 0.6) is 0 Å². The molecule has 0 fully saturated rings. The summed E-state index contributed by atoms with van der Waals surface area (Å²) >= 11 is -1.63. The number of allylic oxidation sites excluding steroid dienone is 1. The molecule has 173 valence electrons.